The second-order valence-corrected chi connectivity index (χ2v) is 38.0. The van der Waals surface area contributed by atoms with Gasteiger partial charge in [-0.2, -0.15) is 13.2 Å². The van der Waals surface area contributed by atoms with Gasteiger partial charge in [0, 0.05) is 104 Å². The molecule has 16 nitrogen and oxygen atoms in total. The lowest BCUT2D eigenvalue weighted by molar-refractivity contribution is -0.228. The van der Waals surface area contributed by atoms with E-state index in [1.54, 1.807) is 6.20 Å². The number of hydrogen-bond donors (Lipinski definition) is 0. The van der Waals surface area contributed by atoms with Crippen molar-refractivity contribution in [2.45, 2.75) is 408 Å². The van der Waals surface area contributed by atoms with Crippen molar-refractivity contribution in [3.8, 4) is 17.6 Å². The molecule has 5 rings (SSSR count). The molecule has 1 atom stereocenters. The minimum atomic E-state index is -4.33. The van der Waals surface area contributed by atoms with E-state index in [0.29, 0.717) is 37.6 Å². The zero-order valence-electron chi connectivity index (χ0n) is 73.0. The Hall–Kier alpha value is -2.26. The van der Waals surface area contributed by atoms with Crippen molar-refractivity contribution in [2.24, 2.45) is 5.92 Å². The Kier molecular flexibility index (Phi) is 49.2. The maximum atomic E-state index is 13.4. The summed E-state index contributed by atoms with van der Waals surface area (Å²) in [6.45, 7) is 63.8. The molecule has 630 valence electrons. The second kappa shape index (κ2) is 52.3. The Morgan fingerprint density at radius 3 is 1.21 bits per heavy atom. The summed E-state index contributed by atoms with van der Waals surface area (Å²) < 4.78 is 115. The molecule has 3 heterocycles. The first-order valence-corrected chi connectivity index (χ1v) is 41.9. The largest absolute Gasteiger partial charge is 0.489 e. The van der Waals surface area contributed by atoms with E-state index in [2.05, 4.69) is 172 Å². The predicted octanol–water partition coefficient (Wildman–Crippen LogP) is 20.8. The molecule has 4 aliphatic rings. The van der Waals surface area contributed by atoms with E-state index in [9.17, 15) is 13.2 Å². The Balaban J connectivity index is 0.000000486. The van der Waals surface area contributed by atoms with E-state index in [4.69, 9.17) is 61.6 Å². The number of likely N-dealkylation sites (tertiary alicyclic amines) is 2. The third kappa shape index (κ3) is 60.0. The molecule has 2 aliphatic heterocycles. The molecular formula is C88H164F3N3O13. The molecule has 2 aliphatic carbocycles. The van der Waals surface area contributed by atoms with Crippen LogP contribution >= 0.6 is 0 Å². The normalized spacial score (nSPS) is 19.2. The van der Waals surface area contributed by atoms with Crippen LogP contribution in [0.1, 0.15) is 326 Å². The van der Waals surface area contributed by atoms with Gasteiger partial charge in [-0.3, -0.25) is 9.80 Å². The van der Waals surface area contributed by atoms with Crippen molar-refractivity contribution in [3.05, 3.63) is 24.0 Å². The number of hydrogen-bond acceptors (Lipinski definition) is 16. The summed E-state index contributed by atoms with van der Waals surface area (Å²) in [5.74, 6) is 7.10. The third-order valence-corrected chi connectivity index (χ3v) is 17.8. The summed E-state index contributed by atoms with van der Waals surface area (Å²) in [6.07, 6.45) is 21.8. The molecule has 1 aromatic rings. The van der Waals surface area contributed by atoms with Crippen molar-refractivity contribution < 1.29 is 74.8 Å². The highest BCUT2D eigenvalue weighted by molar-refractivity contribution is 5.31. The topological polar surface area (TPSA) is 139 Å². The van der Waals surface area contributed by atoms with Crippen molar-refractivity contribution in [2.75, 3.05) is 112 Å². The highest BCUT2D eigenvalue weighted by Gasteiger charge is 2.43. The van der Waals surface area contributed by atoms with Crippen LogP contribution in [0.3, 0.4) is 0 Å². The summed E-state index contributed by atoms with van der Waals surface area (Å²) in [5, 5.41) is 0. The number of alkyl halides is 3. The van der Waals surface area contributed by atoms with Gasteiger partial charge in [0.25, 0.3) is 0 Å². The van der Waals surface area contributed by atoms with Crippen LogP contribution < -0.4 is 4.74 Å². The average Bonchev–Trinajstić information content (AvgIpc) is 0.843. The van der Waals surface area contributed by atoms with Crippen molar-refractivity contribution in [1.82, 2.24) is 14.8 Å². The molecule has 1 aromatic heterocycles. The maximum Gasteiger partial charge on any atom is 0.414 e. The number of ether oxygens (including phenoxy) is 13. The first kappa shape index (κ1) is 101. The van der Waals surface area contributed by atoms with Crippen molar-refractivity contribution in [1.29, 1.82) is 0 Å². The monoisotopic (exact) mass is 1530 g/mol. The zero-order valence-corrected chi connectivity index (χ0v) is 73.0. The van der Waals surface area contributed by atoms with Crippen molar-refractivity contribution >= 4 is 0 Å². The van der Waals surface area contributed by atoms with Crippen LogP contribution in [0.4, 0.5) is 13.2 Å². The fourth-order valence-corrected chi connectivity index (χ4v) is 12.2. The molecule has 0 bridgehead atoms. The molecule has 4 fully saturated rings. The lowest BCUT2D eigenvalue weighted by Crippen LogP contribution is -2.54. The lowest BCUT2D eigenvalue weighted by Gasteiger charge is -2.42. The predicted molar refractivity (Wildman–Crippen MR) is 432 cm³/mol. The van der Waals surface area contributed by atoms with E-state index < -0.39 is 12.3 Å². The summed E-state index contributed by atoms with van der Waals surface area (Å²) in [4.78, 5) is 9.20. The molecule has 0 N–H and O–H groups in total. The van der Waals surface area contributed by atoms with Crippen LogP contribution in [0.5, 0.6) is 5.75 Å². The van der Waals surface area contributed by atoms with Gasteiger partial charge in [0.2, 0.25) is 0 Å². The third-order valence-electron chi connectivity index (χ3n) is 17.8. The van der Waals surface area contributed by atoms with Gasteiger partial charge in [0.15, 0.2) is 6.10 Å². The summed E-state index contributed by atoms with van der Waals surface area (Å²) in [5.41, 5.74) is 0.503. The fourth-order valence-electron chi connectivity index (χ4n) is 12.2. The second-order valence-electron chi connectivity index (χ2n) is 38.0. The van der Waals surface area contributed by atoms with Crippen LogP contribution in [-0.4, -0.2) is 214 Å². The minimum Gasteiger partial charge on any atom is -0.489 e. The van der Waals surface area contributed by atoms with Crippen LogP contribution in [0.2, 0.25) is 0 Å². The highest BCUT2D eigenvalue weighted by atomic mass is 19.4. The van der Waals surface area contributed by atoms with E-state index in [1.807, 2.05) is 32.9 Å². The average molecular weight is 1530 g/mol. The Labute approximate surface area is 653 Å². The molecule has 107 heavy (non-hydrogen) atoms. The smallest absolute Gasteiger partial charge is 0.414 e. The zero-order chi connectivity index (χ0) is 80.3. The van der Waals surface area contributed by atoms with Gasteiger partial charge < -0.3 is 61.6 Å². The van der Waals surface area contributed by atoms with Gasteiger partial charge in [-0.25, -0.2) is 4.98 Å². The highest BCUT2D eigenvalue weighted by Crippen LogP contribution is 2.35. The molecular weight excluding hydrogens is 1360 g/mol. The molecule has 1 unspecified atom stereocenters. The lowest BCUT2D eigenvalue weighted by atomic mass is 9.88. The molecule has 0 aromatic carbocycles. The summed E-state index contributed by atoms with van der Waals surface area (Å²) in [6, 6.07) is 3.85. The van der Waals surface area contributed by atoms with Gasteiger partial charge in [0.1, 0.15) is 17.5 Å². The number of halogens is 3. The Morgan fingerprint density at radius 2 is 0.813 bits per heavy atom. The number of aromatic nitrogens is 1. The number of piperidine rings is 1. The number of unbranched alkanes of at least 4 members (excludes halogenated alkanes) is 11. The van der Waals surface area contributed by atoms with Gasteiger partial charge >= 0.3 is 6.18 Å². The fraction of sp³-hybridized carbons (Fsp3) is 0.920. The molecule has 2 saturated heterocycles. The number of rotatable bonds is 45. The summed E-state index contributed by atoms with van der Waals surface area (Å²) in [7, 11) is 0. The van der Waals surface area contributed by atoms with Crippen LogP contribution in [0.15, 0.2) is 18.3 Å². The minimum absolute atomic E-state index is 0.00624. The van der Waals surface area contributed by atoms with E-state index in [0.717, 1.165) is 200 Å². The van der Waals surface area contributed by atoms with Crippen LogP contribution in [0.25, 0.3) is 0 Å². The number of nitrogens with zero attached hydrogens (tertiary/aromatic N) is 3. The Bertz CT molecular complexity index is 2380. The standard InChI is InChI=1S/C23H44F3NO3.C22H33NO3.C22H44O4.C21H43NO3/c1-21(2,3)27-12-10-19(11-13-27)18-20(23(24,25)26)29-17-16-28-14-8-7-9-15-30-22(4,5)6;1-21(2,3)24-13-9-7-8-10-17-11-12-18(16-23-17)25-19-14-20(15-19)26-22(4,5)6;1-21(2,3)25-16-12-8-10-14-23-13-9-7-11-15-24-19-17-20(18-19)26-22(4,5)6;1-20(2,3)24-16-12-8-11-15-23-14-10-7-9-13-22-17-19(18-22)25-21(4,5)6/h19-20H,7-18H2,1-6H3;11-12,16,19-20H,7,9,13-15H2,1-6H3;19-20H,7-18H2,1-6H3;19H,7-18H2,1-6H3. The molecule has 0 amide bonds. The maximum absolute atomic E-state index is 13.4. The van der Waals surface area contributed by atoms with E-state index in [-0.39, 0.29) is 76.4 Å². The Morgan fingerprint density at radius 1 is 0.421 bits per heavy atom. The number of pyridine rings is 1. The van der Waals surface area contributed by atoms with Gasteiger partial charge in [0.05, 0.1) is 83.0 Å². The van der Waals surface area contributed by atoms with Gasteiger partial charge in [-0.05, 0) is 345 Å². The summed E-state index contributed by atoms with van der Waals surface area (Å²) >= 11 is 0. The van der Waals surface area contributed by atoms with E-state index in [1.165, 1.54) is 45.1 Å². The van der Waals surface area contributed by atoms with Crippen molar-refractivity contribution in [3.63, 3.8) is 0 Å². The van der Waals surface area contributed by atoms with E-state index >= 15 is 0 Å². The molecule has 19 heteroatoms. The first-order chi connectivity index (χ1) is 49.7. The van der Waals surface area contributed by atoms with Crippen LogP contribution in [-0.2, 0) is 56.8 Å². The molecule has 0 radical (unpaired) electrons. The SMILES string of the molecule is CC(C)(C)OCCCC#Cc1ccc(OC2CC(OC(C)(C)C)C2)cn1.CC(C)(C)OCCCCCOCCCCCN1CC(OC(C)(C)C)C1.CC(C)(C)OCCCCCOCCCCCOC1CC(OC(C)(C)C)C1.CC(C)(C)OCCCCCOCCOC(CC1CCN(C(C)(C)C)CC1)C(F)(F)F. The molecule has 2 saturated carbocycles. The van der Waals surface area contributed by atoms with Gasteiger partial charge in [-0.1, -0.05) is 5.92 Å². The first-order valence-electron chi connectivity index (χ1n) is 41.9. The van der Waals surface area contributed by atoms with Gasteiger partial charge in [-0.15, -0.1) is 0 Å². The molecule has 0 spiro atoms. The van der Waals surface area contributed by atoms with Crippen LogP contribution in [0, 0.1) is 17.8 Å². The quantitative estimate of drug-likeness (QED) is 0.0451.